The van der Waals surface area contributed by atoms with Gasteiger partial charge in [0.15, 0.2) is 0 Å². The van der Waals surface area contributed by atoms with Crippen molar-refractivity contribution in [2.45, 2.75) is 33.0 Å². The largest absolute Gasteiger partial charge is 0.508 e. The zero-order chi connectivity index (χ0) is 21.8. The van der Waals surface area contributed by atoms with Gasteiger partial charge in [0.2, 0.25) is 5.91 Å². The van der Waals surface area contributed by atoms with E-state index in [1.807, 2.05) is 24.8 Å². The molecule has 0 fully saturated rings. The average molecular weight is 407 g/mol. The quantitative estimate of drug-likeness (QED) is 0.580. The highest BCUT2D eigenvalue weighted by Crippen LogP contribution is 2.30. The molecular formula is C23H25N3O4. The first-order valence-corrected chi connectivity index (χ1v) is 9.79. The molecule has 0 radical (unpaired) electrons. The summed E-state index contributed by atoms with van der Waals surface area (Å²) in [7, 11) is 0. The van der Waals surface area contributed by atoms with Gasteiger partial charge in [0.1, 0.15) is 5.75 Å². The summed E-state index contributed by atoms with van der Waals surface area (Å²) in [5.74, 6) is -0.592. The summed E-state index contributed by atoms with van der Waals surface area (Å²) in [5, 5.41) is 12.0. The standard InChI is InChI=1S/C23H25N3O4/c1-4-15(2)16(3)25-13-19-11-18(23(29)24-30)7-10-21(19)26(22(28)14-25)12-17-5-8-20(27)9-6-17/h4-11,15-16,27H,1,12-14H2,2-3H3. The second kappa shape index (κ2) is 9.00. The van der Waals surface area contributed by atoms with Crippen molar-refractivity contribution >= 4 is 17.5 Å². The molecular weight excluding hydrogens is 382 g/mol. The SMILES string of the molecule is C=CC(C)C(C)N1CC(=O)N(Cc2ccc(O)cc2)c2ccc(C(=O)N=O)cc2C1. The molecule has 156 valence electrons. The summed E-state index contributed by atoms with van der Waals surface area (Å²) in [5.41, 5.74) is 2.53. The van der Waals surface area contributed by atoms with Crippen LogP contribution in [-0.2, 0) is 17.9 Å². The fourth-order valence-electron chi connectivity index (χ4n) is 3.60. The Bertz CT molecular complexity index is 971. The van der Waals surface area contributed by atoms with Gasteiger partial charge in [-0.3, -0.25) is 14.5 Å². The zero-order valence-electron chi connectivity index (χ0n) is 17.1. The van der Waals surface area contributed by atoms with Gasteiger partial charge < -0.3 is 10.0 Å². The number of hydrogen-bond acceptors (Lipinski definition) is 5. The molecule has 1 heterocycles. The number of carbonyl (C=O) groups excluding carboxylic acids is 2. The number of fused-ring (bicyclic) bond motifs is 1. The van der Waals surface area contributed by atoms with E-state index in [1.165, 1.54) is 6.07 Å². The molecule has 0 saturated heterocycles. The molecule has 1 aliphatic rings. The summed E-state index contributed by atoms with van der Waals surface area (Å²) in [6, 6.07) is 11.6. The van der Waals surface area contributed by atoms with Crippen molar-refractivity contribution in [3.05, 3.63) is 76.7 Å². The highest BCUT2D eigenvalue weighted by molar-refractivity contribution is 5.99. The van der Waals surface area contributed by atoms with Crippen molar-refractivity contribution in [2.75, 3.05) is 11.4 Å². The van der Waals surface area contributed by atoms with Crippen LogP contribution in [0.15, 0.2) is 60.3 Å². The van der Waals surface area contributed by atoms with E-state index >= 15 is 0 Å². The van der Waals surface area contributed by atoms with Crippen LogP contribution >= 0.6 is 0 Å². The zero-order valence-corrected chi connectivity index (χ0v) is 17.1. The molecule has 2 unspecified atom stereocenters. The Labute approximate surface area is 175 Å². The molecule has 2 aromatic rings. The maximum Gasteiger partial charge on any atom is 0.316 e. The molecule has 1 N–H and O–H groups in total. The van der Waals surface area contributed by atoms with Gasteiger partial charge in [-0.05, 0) is 54.3 Å². The minimum absolute atomic E-state index is 0.0523. The number of phenolic OH excluding ortho intramolecular Hbond substituents is 1. The lowest BCUT2D eigenvalue weighted by atomic mass is 10.0. The Hall–Kier alpha value is -3.32. The molecule has 0 aliphatic carbocycles. The van der Waals surface area contributed by atoms with Crippen molar-refractivity contribution in [3.8, 4) is 5.75 Å². The van der Waals surface area contributed by atoms with Gasteiger partial charge in [0, 0.05) is 29.0 Å². The number of rotatable bonds is 6. The number of aromatic hydroxyl groups is 1. The van der Waals surface area contributed by atoms with E-state index in [1.54, 1.807) is 41.3 Å². The van der Waals surface area contributed by atoms with Crippen LogP contribution in [0.2, 0.25) is 0 Å². The van der Waals surface area contributed by atoms with Gasteiger partial charge in [-0.25, -0.2) is 0 Å². The van der Waals surface area contributed by atoms with E-state index in [9.17, 15) is 19.6 Å². The summed E-state index contributed by atoms with van der Waals surface area (Å²) in [6.07, 6.45) is 1.85. The smallest absolute Gasteiger partial charge is 0.316 e. The van der Waals surface area contributed by atoms with Gasteiger partial charge in [-0.15, -0.1) is 11.5 Å². The maximum absolute atomic E-state index is 13.2. The lowest BCUT2D eigenvalue weighted by molar-refractivity contribution is -0.120. The molecule has 7 heteroatoms. The Morgan fingerprint density at radius 3 is 2.53 bits per heavy atom. The molecule has 7 nitrogen and oxygen atoms in total. The number of benzene rings is 2. The molecule has 0 bridgehead atoms. The van der Waals surface area contributed by atoms with Gasteiger partial charge in [0.25, 0.3) is 0 Å². The van der Waals surface area contributed by atoms with E-state index in [2.05, 4.69) is 11.8 Å². The Kier molecular flexibility index (Phi) is 6.42. The first-order chi connectivity index (χ1) is 14.3. The van der Waals surface area contributed by atoms with E-state index < -0.39 is 5.91 Å². The highest BCUT2D eigenvalue weighted by atomic mass is 16.3. The van der Waals surface area contributed by atoms with Crippen LogP contribution in [0.4, 0.5) is 5.69 Å². The first-order valence-electron chi connectivity index (χ1n) is 9.79. The van der Waals surface area contributed by atoms with E-state index in [-0.39, 0.29) is 35.7 Å². The van der Waals surface area contributed by atoms with Crippen LogP contribution in [0, 0.1) is 10.8 Å². The number of anilines is 1. The lowest BCUT2D eigenvalue weighted by Gasteiger charge is -2.30. The molecule has 0 spiro atoms. The third kappa shape index (κ3) is 4.46. The summed E-state index contributed by atoms with van der Waals surface area (Å²) in [4.78, 5) is 39.5. The molecule has 3 rings (SSSR count). The normalized spacial score (nSPS) is 16.3. The van der Waals surface area contributed by atoms with E-state index in [0.29, 0.717) is 18.8 Å². The minimum atomic E-state index is -0.836. The summed E-state index contributed by atoms with van der Waals surface area (Å²) in [6.45, 7) is 8.92. The fraction of sp³-hybridized carbons (Fsp3) is 0.304. The first kappa shape index (κ1) is 21.4. The minimum Gasteiger partial charge on any atom is -0.508 e. The Morgan fingerprint density at radius 2 is 1.90 bits per heavy atom. The van der Waals surface area contributed by atoms with Gasteiger partial charge >= 0.3 is 5.91 Å². The molecule has 2 aromatic carbocycles. The Morgan fingerprint density at radius 1 is 1.20 bits per heavy atom. The Balaban J connectivity index is 2.03. The molecule has 1 aliphatic heterocycles. The van der Waals surface area contributed by atoms with Crippen LogP contribution in [-0.4, -0.2) is 34.4 Å². The third-order valence-electron chi connectivity index (χ3n) is 5.70. The van der Waals surface area contributed by atoms with Crippen LogP contribution in [0.3, 0.4) is 0 Å². The van der Waals surface area contributed by atoms with Crippen molar-refractivity contribution in [2.24, 2.45) is 11.1 Å². The van der Waals surface area contributed by atoms with Gasteiger partial charge in [-0.1, -0.05) is 25.1 Å². The number of nitroso groups, excluding NO2 is 1. The second-order valence-corrected chi connectivity index (χ2v) is 7.63. The predicted molar refractivity (Wildman–Crippen MR) is 115 cm³/mol. The van der Waals surface area contributed by atoms with Crippen LogP contribution in [0.5, 0.6) is 5.75 Å². The summed E-state index contributed by atoms with van der Waals surface area (Å²) >= 11 is 0. The van der Waals surface area contributed by atoms with Crippen LogP contribution in [0.1, 0.15) is 35.3 Å². The average Bonchev–Trinajstić information content (AvgIpc) is 2.89. The molecule has 0 aromatic heterocycles. The van der Waals surface area contributed by atoms with Gasteiger partial charge in [-0.2, -0.15) is 0 Å². The number of carbonyl (C=O) groups is 2. The maximum atomic E-state index is 13.2. The molecule has 2 amide bonds. The predicted octanol–water partition coefficient (Wildman–Crippen LogP) is 3.86. The second-order valence-electron chi connectivity index (χ2n) is 7.63. The molecule has 2 atom stereocenters. The van der Waals surface area contributed by atoms with Crippen LogP contribution in [0.25, 0.3) is 0 Å². The number of nitrogens with zero attached hydrogens (tertiary/aromatic N) is 3. The topological polar surface area (TPSA) is 90.3 Å². The molecule has 0 saturated carbocycles. The van der Waals surface area contributed by atoms with Gasteiger partial charge in [0.05, 0.1) is 13.1 Å². The fourth-order valence-corrected chi connectivity index (χ4v) is 3.60. The van der Waals surface area contributed by atoms with Crippen molar-refractivity contribution < 1.29 is 14.7 Å². The number of amides is 2. The number of hydrogen-bond donors (Lipinski definition) is 1. The van der Waals surface area contributed by atoms with E-state index in [0.717, 1.165) is 11.1 Å². The van der Waals surface area contributed by atoms with Crippen molar-refractivity contribution in [1.29, 1.82) is 0 Å². The van der Waals surface area contributed by atoms with Crippen LogP contribution < -0.4 is 4.90 Å². The molecule has 30 heavy (non-hydrogen) atoms. The summed E-state index contributed by atoms with van der Waals surface area (Å²) < 4.78 is 0. The highest BCUT2D eigenvalue weighted by Gasteiger charge is 2.30. The van der Waals surface area contributed by atoms with Crippen molar-refractivity contribution in [3.63, 3.8) is 0 Å². The number of phenols is 1. The lowest BCUT2D eigenvalue weighted by Crippen LogP contribution is -2.42. The monoisotopic (exact) mass is 407 g/mol. The van der Waals surface area contributed by atoms with E-state index in [4.69, 9.17) is 0 Å². The van der Waals surface area contributed by atoms with Crippen molar-refractivity contribution in [1.82, 2.24) is 4.90 Å². The third-order valence-corrected chi connectivity index (χ3v) is 5.70.